The SMILES string of the molecule is c1ccc(-n2nnnc2CN2CCCc3ccccc32)cc1. The van der Waals surface area contributed by atoms with Gasteiger partial charge in [0.05, 0.1) is 12.2 Å². The number of para-hydroxylation sites is 2. The number of benzene rings is 2. The predicted molar refractivity (Wildman–Crippen MR) is 85.0 cm³/mol. The van der Waals surface area contributed by atoms with Crippen molar-refractivity contribution in [1.82, 2.24) is 20.2 Å². The maximum Gasteiger partial charge on any atom is 0.175 e. The molecule has 0 N–H and O–H groups in total. The topological polar surface area (TPSA) is 46.8 Å². The standard InChI is InChI=1S/C17H17N5/c1-2-9-15(10-3-1)22-17(18-19-20-22)13-21-12-6-8-14-7-4-5-11-16(14)21/h1-5,7,9-11H,6,8,12-13H2. The highest BCUT2D eigenvalue weighted by Gasteiger charge is 2.19. The van der Waals surface area contributed by atoms with Crippen LogP contribution >= 0.6 is 0 Å². The minimum Gasteiger partial charge on any atom is -0.364 e. The quantitative estimate of drug-likeness (QED) is 0.744. The number of aromatic nitrogens is 4. The zero-order chi connectivity index (χ0) is 14.8. The molecule has 1 aromatic heterocycles. The van der Waals surface area contributed by atoms with E-state index in [2.05, 4.69) is 44.7 Å². The third-order valence-electron chi connectivity index (χ3n) is 4.07. The van der Waals surface area contributed by atoms with Gasteiger partial charge in [-0.15, -0.1) is 5.10 Å². The summed E-state index contributed by atoms with van der Waals surface area (Å²) in [4.78, 5) is 2.37. The molecule has 0 aliphatic carbocycles. The van der Waals surface area contributed by atoms with Crippen LogP contribution in [0.5, 0.6) is 0 Å². The smallest absolute Gasteiger partial charge is 0.175 e. The fraction of sp³-hybridized carbons (Fsp3) is 0.235. The Kier molecular flexibility index (Phi) is 3.31. The summed E-state index contributed by atoms with van der Waals surface area (Å²) in [6.45, 7) is 1.76. The molecule has 0 radical (unpaired) electrons. The maximum absolute atomic E-state index is 4.22. The summed E-state index contributed by atoms with van der Waals surface area (Å²) in [7, 11) is 0. The number of rotatable bonds is 3. The van der Waals surface area contributed by atoms with Crippen LogP contribution in [0.2, 0.25) is 0 Å². The Bertz CT molecular complexity index is 765. The molecule has 3 aromatic rings. The van der Waals surface area contributed by atoms with Gasteiger partial charge in [-0.3, -0.25) is 0 Å². The predicted octanol–water partition coefficient (Wildman–Crippen LogP) is 2.62. The lowest BCUT2D eigenvalue weighted by molar-refractivity contribution is 0.659. The Balaban J connectivity index is 1.65. The number of hydrogen-bond donors (Lipinski definition) is 0. The molecule has 1 aliphatic heterocycles. The van der Waals surface area contributed by atoms with Gasteiger partial charge >= 0.3 is 0 Å². The van der Waals surface area contributed by atoms with Crippen molar-refractivity contribution in [1.29, 1.82) is 0 Å². The van der Waals surface area contributed by atoms with Gasteiger partial charge in [-0.2, -0.15) is 4.68 Å². The Morgan fingerprint density at radius 2 is 1.77 bits per heavy atom. The van der Waals surface area contributed by atoms with Gasteiger partial charge < -0.3 is 4.90 Å². The van der Waals surface area contributed by atoms with Crippen molar-refractivity contribution in [2.75, 3.05) is 11.4 Å². The van der Waals surface area contributed by atoms with Crippen molar-refractivity contribution < 1.29 is 0 Å². The molecule has 0 bridgehead atoms. The summed E-state index contributed by atoms with van der Waals surface area (Å²) >= 11 is 0. The molecule has 0 amide bonds. The van der Waals surface area contributed by atoms with Crippen LogP contribution in [-0.2, 0) is 13.0 Å². The molecule has 2 heterocycles. The highest BCUT2D eigenvalue weighted by Crippen LogP contribution is 2.27. The molecule has 5 nitrogen and oxygen atoms in total. The Hall–Kier alpha value is -2.69. The first-order valence-electron chi connectivity index (χ1n) is 7.57. The van der Waals surface area contributed by atoms with Gasteiger partial charge in [0, 0.05) is 12.2 Å². The molecule has 110 valence electrons. The van der Waals surface area contributed by atoms with Gasteiger partial charge in [-0.1, -0.05) is 36.4 Å². The van der Waals surface area contributed by atoms with Gasteiger partial charge in [-0.25, -0.2) is 0 Å². The van der Waals surface area contributed by atoms with Gasteiger partial charge in [0.15, 0.2) is 5.82 Å². The molecular formula is C17H17N5. The molecular weight excluding hydrogens is 274 g/mol. The summed E-state index contributed by atoms with van der Waals surface area (Å²) in [6.07, 6.45) is 2.32. The van der Waals surface area contributed by atoms with Crippen molar-refractivity contribution in [3.63, 3.8) is 0 Å². The lowest BCUT2D eigenvalue weighted by atomic mass is 10.0. The summed E-state index contributed by atoms with van der Waals surface area (Å²) < 4.78 is 1.82. The van der Waals surface area contributed by atoms with Crippen molar-refractivity contribution in [3.8, 4) is 5.69 Å². The molecule has 0 saturated carbocycles. The number of anilines is 1. The Morgan fingerprint density at radius 3 is 2.68 bits per heavy atom. The zero-order valence-electron chi connectivity index (χ0n) is 12.3. The van der Waals surface area contributed by atoms with E-state index in [-0.39, 0.29) is 0 Å². The van der Waals surface area contributed by atoms with Crippen LogP contribution in [0.4, 0.5) is 5.69 Å². The van der Waals surface area contributed by atoms with Crippen LogP contribution in [0.25, 0.3) is 5.69 Å². The van der Waals surface area contributed by atoms with Gasteiger partial charge in [0.25, 0.3) is 0 Å². The van der Waals surface area contributed by atoms with Crippen molar-refractivity contribution in [3.05, 3.63) is 66.0 Å². The first-order valence-corrected chi connectivity index (χ1v) is 7.57. The van der Waals surface area contributed by atoms with E-state index in [0.29, 0.717) is 0 Å². The van der Waals surface area contributed by atoms with Gasteiger partial charge in [0.1, 0.15) is 0 Å². The molecule has 0 unspecified atom stereocenters. The van der Waals surface area contributed by atoms with Crippen molar-refractivity contribution in [2.45, 2.75) is 19.4 Å². The van der Waals surface area contributed by atoms with E-state index in [0.717, 1.165) is 31.0 Å². The monoisotopic (exact) mass is 291 g/mol. The minimum atomic E-state index is 0.721. The number of hydrogen-bond acceptors (Lipinski definition) is 4. The third kappa shape index (κ3) is 2.35. The zero-order valence-corrected chi connectivity index (χ0v) is 12.3. The van der Waals surface area contributed by atoms with Crippen LogP contribution in [0, 0.1) is 0 Å². The third-order valence-corrected chi connectivity index (χ3v) is 4.07. The summed E-state index contributed by atoms with van der Waals surface area (Å²) in [5, 5.41) is 12.2. The normalized spacial score (nSPS) is 13.9. The molecule has 5 heteroatoms. The van der Waals surface area contributed by atoms with Crippen LogP contribution in [0.3, 0.4) is 0 Å². The molecule has 2 aromatic carbocycles. The molecule has 0 atom stereocenters. The lowest BCUT2D eigenvalue weighted by Gasteiger charge is -2.30. The molecule has 4 rings (SSSR count). The second kappa shape index (κ2) is 5.60. The molecule has 0 saturated heterocycles. The highest BCUT2D eigenvalue weighted by atomic mass is 15.5. The first-order chi connectivity index (χ1) is 10.9. The minimum absolute atomic E-state index is 0.721. The second-order valence-corrected chi connectivity index (χ2v) is 5.50. The van der Waals surface area contributed by atoms with Crippen molar-refractivity contribution in [2.24, 2.45) is 0 Å². The number of nitrogens with zero attached hydrogens (tertiary/aromatic N) is 5. The van der Waals surface area contributed by atoms with Crippen LogP contribution < -0.4 is 4.90 Å². The van der Waals surface area contributed by atoms with Crippen molar-refractivity contribution >= 4 is 5.69 Å². The summed E-state index contributed by atoms with van der Waals surface area (Å²) in [5.41, 5.74) is 3.71. The van der Waals surface area contributed by atoms with E-state index in [1.54, 1.807) is 0 Å². The van der Waals surface area contributed by atoms with Crippen LogP contribution in [0.15, 0.2) is 54.6 Å². The molecule has 1 aliphatic rings. The van der Waals surface area contributed by atoms with E-state index in [1.807, 2.05) is 35.0 Å². The van der Waals surface area contributed by atoms with Crippen LogP contribution in [0.1, 0.15) is 17.8 Å². The summed E-state index contributed by atoms with van der Waals surface area (Å²) in [6, 6.07) is 18.6. The molecule has 0 spiro atoms. The van der Waals surface area contributed by atoms with Gasteiger partial charge in [-0.05, 0) is 47.0 Å². The second-order valence-electron chi connectivity index (χ2n) is 5.50. The van der Waals surface area contributed by atoms with E-state index in [9.17, 15) is 0 Å². The van der Waals surface area contributed by atoms with Gasteiger partial charge in [0.2, 0.25) is 0 Å². The Morgan fingerprint density at radius 1 is 0.955 bits per heavy atom. The van der Waals surface area contributed by atoms with E-state index in [4.69, 9.17) is 0 Å². The molecule has 0 fully saturated rings. The van der Waals surface area contributed by atoms with Crippen LogP contribution in [-0.4, -0.2) is 26.8 Å². The first kappa shape index (κ1) is 13.0. The number of aryl methyl sites for hydroxylation is 1. The van der Waals surface area contributed by atoms with E-state index in [1.165, 1.54) is 17.7 Å². The van der Waals surface area contributed by atoms with E-state index >= 15 is 0 Å². The highest BCUT2D eigenvalue weighted by molar-refractivity contribution is 5.55. The summed E-state index contributed by atoms with van der Waals surface area (Å²) in [5.74, 6) is 0.864. The molecule has 22 heavy (non-hydrogen) atoms. The van der Waals surface area contributed by atoms with E-state index < -0.39 is 0 Å². The fourth-order valence-electron chi connectivity index (χ4n) is 3.02. The maximum atomic E-state index is 4.22. The average molecular weight is 291 g/mol. The average Bonchev–Trinajstić information content (AvgIpc) is 3.04. The number of tetrazole rings is 1. The largest absolute Gasteiger partial charge is 0.364 e. The fourth-order valence-corrected chi connectivity index (χ4v) is 3.02. The number of fused-ring (bicyclic) bond motifs is 1. The lowest BCUT2D eigenvalue weighted by Crippen LogP contribution is -2.30. The Labute approximate surface area is 129 Å².